The highest BCUT2D eigenvalue weighted by Gasteiger charge is 2.12. The Bertz CT molecular complexity index is 331. The number of benzene rings is 1. The van der Waals surface area contributed by atoms with Crippen LogP contribution in [0.15, 0.2) is 30.3 Å². The van der Waals surface area contributed by atoms with Crippen LogP contribution in [0.3, 0.4) is 0 Å². The van der Waals surface area contributed by atoms with Gasteiger partial charge in [0.1, 0.15) is 0 Å². The van der Waals surface area contributed by atoms with Gasteiger partial charge in [0, 0.05) is 30.6 Å². The molecule has 0 unspecified atom stereocenters. The van der Waals surface area contributed by atoms with E-state index in [1.807, 2.05) is 29.4 Å². The summed E-state index contributed by atoms with van der Waals surface area (Å²) in [6, 6.07) is 10.1. The summed E-state index contributed by atoms with van der Waals surface area (Å²) in [5.74, 6) is 1.13. The third-order valence-corrected chi connectivity index (χ3v) is 3.41. The summed E-state index contributed by atoms with van der Waals surface area (Å²) < 4.78 is 0. The molecule has 0 saturated carbocycles. The van der Waals surface area contributed by atoms with E-state index in [0.717, 1.165) is 17.6 Å². The Morgan fingerprint density at radius 1 is 1.35 bits per heavy atom. The van der Waals surface area contributed by atoms with E-state index >= 15 is 0 Å². The Balaban J connectivity index is 2.56. The van der Waals surface area contributed by atoms with E-state index in [9.17, 15) is 4.79 Å². The zero-order valence-corrected chi connectivity index (χ0v) is 12.5. The minimum Gasteiger partial charge on any atom is -0.338 e. The molecule has 0 heterocycles. The zero-order chi connectivity index (χ0) is 12.5. The van der Waals surface area contributed by atoms with Gasteiger partial charge < -0.3 is 4.90 Å². The van der Waals surface area contributed by atoms with Gasteiger partial charge in [-0.15, -0.1) is 0 Å². The molecule has 0 aliphatic heterocycles. The van der Waals surface area contributed by atoms with Gasteiger partial charge in [0.2, 0.25) is 5.91 Å². The van der Waals surface area contributed by atoms with Gasteiger partial charge in [-0.25, -0.2) is 0 Å². The molecular formula is C13H18BrNOS. The predicted molar refractivity (Wildman–Crippen MR) is 78.7 cm³/mol. The summed E-state index contributed by atoms with van der Waals surface area (Å²) in [6.07, 6.45) is 2.65. The third kappa shape index (κ3) is 5.59. The van der Waals surface area contributed by atoms with Crippen molar-refractivity contribution in [2.45, 2.75) is 13.0 Å². The van der Waals surface area contributed by atoms with Gasteiger partial charge in [0.25, 0.3) is 0 Å². The standard InChI is InChI=1S/C13H18BrNOS/c1-17-10-7-13(16)15(9-8-14)11-12-5-3-2-4-6-12/h2-6H,7-11H2,1H3. The van der Waals surface area contributed by atoms with Crippen molar-refractivity contribution < 1.29 is 4.79 Å². The molecule has 2 nitrogen and oxygen atoms in total. The van der Waals surface area contributed by atoms with Crippen LogP contribution in [0.25, 0.3) is 0 Å². The smallest absolute Gasteiger partial charge is 0.223 e. The summed E-state index contributed by atoms with van der Waals surface area (Å²) in [5, 5.41) is 0.824. The number of thioether (sulfide) groups is 1. The molecule has 0 fully saturated rings. The molecule has 0 atom stereocenters. The Hall–Kier alpha value is -0.480. The van der Waals surface area contributed by atoms with Crippen molar-refractivity contribution in [3.8, 4) is 0 Å². The largest absolute Gasteiger partial charge is 0.338 e. The lowest BCUT2D eigenvalue weighted by atomic mass is 10.2. The van der Waals surface area contributed by atoms with Crippen molar-refractivity contribution >= 4 is 33.6 Å². The molecule has 1 aromatic carbocycles. The fraction of sp³-hybridized carbons (Fsp3) is 0.462. The van der Waals surface area contributed by atoms with Crippen molar-refractivity contribution in [2.75, 3.05) is 23.9 Å². The highest BCUT2D eigenvalue weighted by Crippen LogP contribution is 2.08. The van der Waals surface area contributed by atoms with Crippen LogP contribution in [0.1, 0.15) is 12.0 Å². The number of nitrogens with zero attached hydrogens (tertiary/aromatic N) is 1. The molecule has 0 spiro atoms. The van der Waals surface area contributed by atoms with E-state index < -0.39 is 0 Å². The molecule has 0 saturated heterocycles. The van der Waals surface area contributed by atoms with Crippen molar-refractivity contribution in [3.63, 3.8) is 0 Å². The van der Waals surface area contributed by atoms with Gasteiger partial charge in [0.05, 0.1) is 0 Å². The lowest BCUT2D eigenvalue weighted by Crippen LogP contribution is -2.32. The lowest BCUT2D eigenvalue weighted by molar-refractivity contribution is -0.131. The normalized spacial score (nSPS) is 10.2. The number of hydrogen-bond donors (Lipinski definition) is 0. The lowest BCUT2D eigenvalue weighted by Gasteiger charge is -2.21. The number of carbonyl (C=O) groups is 1. The quantitative estimate of drug-likeness (QED) is 0.720. The number of halogens is 1. The second-order valence-corrected chi connectivity index (χ2v) is 5.51. The maximum Gasteiger partial charge on any atom is 0.223 e. The Kier molecular flexibility index (Phi) is 7.37. The first-order valence-corrected chi connectivity index (χ1v) is 8.16. The van der Waals surface area contributed by atoms with Gasteiger partial charge in [-0.3, -0.25) is 4.79 Å². The van der Waals surface area contributed by atoms with E-state index in [4.69, 9.17) is 0 Å². The molecule has 4 heteroatoms. The fourth-order valence-corrected chi connectivity index (χ4v) is 2.35. The van der Waals surface area contributed by atoms with Crippen LogP contribution in [-0.2, 0) is 11.3 Å². The summed E-state index contributed by atoms with van der Waals surface area (Å²) in [6.45, 7) is 1.47. The molecule has 0 aromatic heterocycles. The third-order valence-electron chi connectivity index (χ3n) is 2.44. The monoisotopic (exact) mass is 315 g/mol. The first-order valence-electron chi connectivity index (χ1n) is 5.64. The number of carbonyl (C=O) groups excluding carboxylic acids is 1. The maximum atomic E-state index is 12.0. The van der Waals surface area contributed by atoms with Gasteiger partial charge in [-0.2, -0.15) is 11.8 Å². The average Bonchev–Trinajstić information content (AvgIpc) is 2.36. The molecule has 94 valence electrons. The van der Waals surface area contributed by atoms with Crippen LogP contribution in [0.4, 0.5) is 0 Å². The minimum atomic E-state index is 0.239. The van der Waals surface area contributed by atoms with Crippen LogP contribution in [0.2, 0.25) is 0 Å². The van der Waals surface area contributed by atoms with Gasteiger partial charge >= 0.3 is 0 Å². The number of amides is 1. The second kappa shape index (κ2) is 8.59. The minimum absolute atomic E-state index is 0.239. The molecule has 1 amide bonds. The van der Waals surface area contributed by atoms with Crippen LogP contribution >= 0.6 is 27.7 Å². The molecule has 1 rings (SSSR count). The Labute approximate surface area is 116 Å². The molecule has 0 bridgehead atoms. The topological polar surface area (TPSA) is 20.3 Å². The highest BCUT2D eigenvalue weighted by atomic mass is 79.9. The number of rotatable bonds is 7. The van der Waals surface area contributed by atoms with Crippen molar-refractivity contribution in [3.05, 3.63) is 35.9 Å². The number of alkyl halides is 1. The average molecular weight is 316 g/mol. The van der Waals surface area contributed by atoms with Crippen LogP contribution in [0, 0.1) is 0 Å². The SMILES string of the molecule is CSCCC(=O)N(CCBr)Cc1ccccc1. The van der Waals surface area contributed by atoms with E-state index in [-0.39, 0.29) is 5.91 Å². The molecule has 0 aliphatic carbocycles. The van der Waals surface area contributed by atoms with Crippen molar-refractivity contribution in [2.24, 2.45) is 0 Å². The molecule has 17 heavy (non-hydrogen) atoms. The summed E-state index contributed by atoms with van der Waals surface area (Å²) in [4.78, 5) is 13.9. The van der Waals surface area contributed by atoms with Crippen molar-refractivity contribution in [1.82, 2.24) is 4.90 Å². The Morgan fingerprint density at radius 2 is 2.06 bits per heavy atom. The molecule has 0 N–H and O–H groups in total. The van der Waals surface area contributed by atoms with E-state index in [1.54, 1.807) is 11.8 Å². The van der Waals surface area contributed by atoms with E-state index in [1.165, 1.54) is 5.56 Å². The predicted octanol–water partition coefficient (Wildman–Crippen LogP) is 3.16. The molecule has 0 aliphatic rings. The van der Waals surface area contributed by atoms with E-state index in [0.29, 0.717) is 13.0 Å². The maximum absolute atomic E-state index is 12.0. The highest BCUT2D eigenvalue weighted by molar-refractivity contribution is 9.09. The van der Waals surface area contributed by atoms with Crippen LogP contribution in [0.5, 0.6) is 0 Å². The molecule has 0 radical (unpaired) electrons. The first kappa shape index (κ1) is 14.6. The zero-order valence-electron chi connectivity index (χ0n) is 10.1. The van der Waals surface area contributed by atoms with Crippen LogP contribution < -0.4 is 0 Å². The summed E-state index contributed by atoms with van der Waals surface area (Å²) >= 11 is 5.11. The van der Waals surface area contributed by atoms with Gasteiger partial charge in [0.15, 0.2) is 0 Å². The molecular weight excluding hydrogens is 298 g/mol. The first-order chi connectivity index (χ1) is 8.27. The number of hydrogen-bond acceptors (Lipinski definition) is 2. The van der Waals surface area contributed by atoms with Gasteiger partial charge in [-0.1, -0.05) is 46.3 Å². The van der Waals surface area contributed by atoms with Crippen LogP contribution in [-0.4, -0.2) is 34.7 Å². The van der Waals surface area contributed by atoms with E-state index in [2.05, 4.69) is 28.1 Å². The summed E-state index contributed by atoms with van der Waals surface area (Å²) in [7, 11) is 0. The second-order valence-electron chi connectivity index (χ2n) is 3.73. The van der Waals surface area contributed by atoms with Crippen molar-refractivity contribution in [1.29, 1.82) is 0 Å². The van der Waals surface area contributed by atoms with Gasteiger partial charge in [-0.05, 0) is 11.8 Å². The Morgan fingerprint density at radius 3 is 2.65 bits per heavy atom. The summed E-state index contributed by atoms with van der Waals surface area (Å²) in [5.41, 5.74) is 1.19. The molecule has 1 aromatic rings. The fourth-order valence-electron chi connectivity index (χ4n) is 1.55.